The van der Waals surface area contributed by atoms with Gasteiger partial charge in [0.05, 0.1) is 6.10 Å². The Kier molecular flexibility index (Phi) is 2.96. The number of fused-ring (bicyclic) bond motifs is 5. The number of hydrogen-bond donors (Lipinski definition) is 1. The van der Waals surface area contributed by atoms with E-state index in [1.54, 1.807) is 11.1 Å². The Hall–Kier alpha value is -0.820. The van der Waals surface area contributed by atoms with Gasteiger partial charge in [-0.15, -0.1) is 0 Å². The van der Waals surface area contributed by atoms with E-state index in [0.29, 0.717) is 11.8 Å². The zero-order valence-corrected chi connectivity index (χ0v) is 12.6. The summed E-state index contributed by atoms with van der Waals surface area (Å²) < 4.78 is 0. The summed E-state index contributed by atoms with van der Waals surface area (Å²) in [6.07, 6.45) is 14.3. The Labute approximate surface area is 122 Å². The fourth-order valence-corrected chi connectivity index (χ4v) is 5.50. The molecule has 0 bridgehead atoms. The topological polar surface area (TPSA) is 20.2 Å². The zero-order valence-electron chi connectivity index (χ0n) is 12.6. The SMILES string of the molecule is CC1C(O)CC2=CCC3C4=CC=CC4CCC3C2C1C. The lowest BCUT2D eigenvalue weighted by molar-refractivity contribution is 0.0130. The van der Waals surface area contributed by atoms with Crippen molar-refractivity contribution in [3.05, 3.63) is 35.5 Å². The van der Waals surface area contributed by atoms with E-state index in [9.17, 15) is 5.11 Å². The molecule has 2 saturated carbocycles. The molecule has 0 aromatic carbocycles. The van der Waals surface area contributed by atoms with Crippen LogP contribution in [0, 0.1) is 35.5 Å². The molecule has 1 nitrogen and oxygen atoms in total. The van der Waals surface area contributed by atoms with Crippen LogP contribution in [-0.4, -0.2) is 11.2 Å². The molecule has 4 aliphatic carbocycles. The van der Waals surface area contributed by atoms with Gasteiger partial charge in [-0.2, -0.15) is 0 Å². The Morgan fingerprint density at radius 2 is 2.00 bits per heavy atom. The number of aliphatic hydroxyl groups excluding tert-OH is 1. The van der Waals surface area contributed by atoms with Crippen LogP contribution < -0.4 is 0 Å². The van der Waals surface area contributed by atoms with Gasteiger partial charge in [-0.1, -0.05) is 49.3 Å². The first-order valence-corrected chi connectivity index (χ1v) is 8.42. The third-order valence-electron chi connectivity index (χ3n) is 6.79. The van der Waals surface area contributed by atoms with Gasteiger partial charge in [0.2, 0.25) is 0 Å². The van der Waals surface area contributed by atoms with E-state index in [1.807, 2.05) is 0 Å². The Balaban J connectivity index is 1.68. The van der Waals surface area contributed by atoms with Crippen molar-refractivity contribution in [2.75, 3.05) is 0 Å². The second-order valence-corrected chi connectivity index (χ2v) is 7.54. The van der Waals surface area contributed by atoms with Crippen molar-refractivity contribution in [1.29, 1.82) is 0 Å². The van der Waals surface area contributed by atoms with Crippen LogP contribution in [0.2, 0.25) is 0 Å². The van der Waals surface area contributed by atoms with Gasteiger partial charge >= 0.3 is 0 Å². The maximum Gasteiger partial charge on any atom is 0.0605 e. The van der Waals surface area contributed by atoms with Gasteiger partial charge in [-0.05, 0) is 61.2 Å². The molecule has 0 heterocycles. The molecule has 20 heavy (non-hydrogen) atoms. The van der Waals surface area contributed by atoms with E-state index >= 15 is 0 Å². The summed E-state index contributed by atoms with van der Waals surface area (Å²) in [5.41, 5.74) is 3.29. The largest absolute Gasteiger partial charge is 0.393 e. The summed E-state index contributed by atoms with van der Waals surface area (Å²) in [6, 6.07) is 0. The lowest BCUT2D eigenvalue weighted by atomic mass is 9.54. The molecule has 0 aliphatic heterocycles. The monoisotopic (exact) mass is 270 g/mol. The van der Waals surface area contributed by atoms with Gasteiger partial charge in [-0.25, -0.2) is 0 Å². The molecule has 4 rings (SSSR count). The summed E-state index contributed by atoms with van der Waals surface area (Å²) in [5, 5.41) is 10.3. The molecule has 0 radical (unpaired) electrons. The van der Waals surface area contributed by atoms with Gasteiger partial charge in [0.25, 0.3) is 0 Å². The maximum absolute atomic E-state index is 10.3. The quantitative estimate of drug-likeness (QED) is 0.657. The minimum absolute atomic E-state index is 0.118. The van der Waals surface area contributed by atoms with E-state index in [-0.39, 0.29) is 6.10 Å². The lowest BCUT2D eigenvalue weighted by Crippen LogP contribution is -2.45. The summed E-state index contributed by atoms with van der Waals surface area (Å²) in [4.78, 5) is 0. The Morgan fingerprint density at radius 3 is 2.85 bits per heavy atom. The maximum atomic E-state index is 10.3. The van der Waals surface area contributed by atoms with Crippen LogP contribution in [0.4, 0.5) is 0 Å². The Morgan fingerprint density at radius 1 is 1.15 bits per heavy atom. The average molecular weight is 270 g/mol. The van der Waals surface area contributed by atoms with E-state index in [0.717, 1.165) is 30.1 Å². The van der Waals surface area contributed by atoms with Crippen molar-refractivity contribution in [1.82, 2.24) is 0 Å². The van der Waals surface area contributed by atoms with Crippen molar-refractivity contribution in [3.63, 3.8) is 0 Å². The number of hydrogen-bond acceptors (Lipinski definition) is 1. The van der Waals surface area contributed by atoms with Gasteiger partial charge in [0.1, 0.15) is 0 Å². The third-order valence-corrected chi connectivity index (χ3v) is 6.79. The standard InChI is InChI=1S/C19H26O/c1-11-12(2)19-14(10-18(11)20)7-8-16-15-5-3-4-13(15)6-9-17(16)19/h3-5,7,11-13,16-20H,6,8-10H2,1-2H3. The molecule has 1 N–H and O–H groups in total. The first kappa shape index (κ1) is 12.9. The van der Waals surface area contributed by atoms with Crippen molar-refractivity contribution in [2.24, 2.45) is 35.5 Å². The van der Waals surface area contributed by atoms with Crippen molar-refractivity contribution >= 4 is 0 Å². The molecular weight excluding hydrogens is 244 g/mol. The van der Waals surface area contributed by atoms with Crippen LogP contribution in [0.15, 0.2) is 35.5 Å². The van der Waals surface area contributed by atoms with E-state index in [2.05, 4.69) is 38.2 Å². The van der Waals surface area contributed by atoms with Crippen molar-refractivity contribution in [3.8, 4) is 0 Å². The lowest BCUT2D eigenvalue weighted by Gasteiger charge is -2.51. The Bertz CT molecular complexity index is 498. The molecule has 108 valence electrons. The zero-order chi connectivity index (χ0) is 13.9. The van der Waals surface area contributed by atoms with Crippen LogP contribution >= 0.6 is 0 Å². The molecule has 7 atom stereocenters. The van der Waals surface area contributed by atoms with Crippen LogP contribution in [0.25, 0.3) is 0 Å². The molecule has 7 unspecified atom stereocenters. The molecule has 0 amide bonds. The second kappa shape index (κ2) is 4.59. The van der Waals surface area contributed by atoms with Crippen molar-refractivity contribution in [2.45, 2.75) is 45.6 Å². The molecule has 0 saturated heterocycles. The highest BCUT2D eigenvalue weighted by Gasteiger charge is 2.47. The van der Waals surface area contributed by atoms with Crippen molar-refractivity contribution < 1.29 is 5.11 Å². The summed E-state index contributed by atoms with van der Waals surface area (Å²) >= 11 is 0. The fraction of sp³-hybridized carbons (Fsp3) is 0.684. The number of rotatable bonds is 0. The predicted octanol–water partition coefficient (Wildman–Crippen LogP) is 4.11. The minimum Gasteiger partial charge on any atom is -0.393 e. The normalized spacial score (nSPS) is 49.9. The highest BCUT2D eigenvalue weighted by molar-refractivity contribution is 5.35. The van der Waals surface area contributed by atoms with E-state index in [1.165, 1.54) is 19.3 Å². The minimum atomic E-state index is -0.118. The molecule has 0 aromatic heterocycles. The molecule has 0 spiro atoms. The molecule has 4 aliphatic rings. The number of aliphatic hydroxyl groups is 1. The van der Waals surface area contributed by atoms with Gasteiger partial charge in [0, 0.05) is 0 Å². The predicted molar refractivity (Wildman–Crippen MR) is 82.1 cm³/mol. The van der Waals surface area contributed by atoms with Gasteiger partial charge in [-0.3, -0.25) is 0 Å². The highest BCUT2D eigenvalue weighted by Crippen LogP contribution is 2.55. The summed E-state index contributed by atoms with van der Waals surface area (Å²) in [6.45, 7) is 4.62. The molecular formula is C19H26O. The summed E-state index contributed by atoms with van der Waals surface area (Å²) in [5.74, 6) is 4.17. The highest BCUT2D eigenvalue weighted by atomic mass is 16.3. The third kappa shape index (κ3) is 1.72. The van der Waals surface area contributed by atoms with E-state index < -0.39 is 0 Å². The van der Waals surface area contributed by atoms with Crippen LogP contribution in [0.3, 0.4) is 0 Å². The second-order valence-electron chi connectivity index (χ2n) is 7.54. The smallest absolute Gasteiger partial charge is 0.0605 e. The number of allylic oxidation sites excluding steroid dienone is 5. The van der Waals surface area contributed by atoms with Crippen LogP contribution in [0.5, 0.6) is 0 Å². The first-order chi connectivity index (χ1) is 9.66. The van der Waals surface area contributed by atoms with Crippen LogP contribution in [0.1, 0.15) is 39.5 Å². The molecule has 2 fully saturated rings. The summed E-state index contributed by atoms with van der Waals surface area (Å²) in [7, 11) is 0. The van der Waals surface area contributed by atoms with Gasteiger partial charge in [0.15, 0.2) is 0 Å². The first-order valence-electron chi connectivity index (χ1n) is 8.42. The molecule has 0 aromatic rings. The van der Waals surface area contributed by atoms with Crippen LogP contribution in [-0.2, 0) is 0 Å². The average Bonchev–Trinajstić information content (AvgIpc) is 2.92. The van der Waals surface area contributed by atoms with Gasteiger partial charge < -0.3 is 5.11 Å². The molecule has 1 heteroatoms. The van der Waals surface area contributed by atoms with E-state index in [4.69, 9.17) is 0 Å². The fourth-order valence-electron chi connectivity index (χ4n) is 5.50.